The maximum Gasteiger partial charge on any atom is 0.247 e. The molecule has 3 amide bonds. The highest BCUT2D eigenvalue weighted by atomic mass is 32.2. The summed E-state index contributed by atoms with van der Waals surface area (Å²) >= 11 is 1.56. The maximum absolute atomic E-state index is 14.8. The summed E-state index contributed by atoms with van der Waals surface area (Å²) in [5.74, 6) is -2.01. The van der Waals surface area contributed by atoms with Gasteiger partial charge in [0.25, 0.3) is 0 Å². The van der Waals surface area contributed by atoms with Gasteiger partial charge in [0.2, 0.25) is 17.7 Å². The van der Waals surface area contributed by atoms with E-state index in [9.17, 15) is 19.5 Å². The van der Waals surface area contributed by atoms with Crippen molar-refractivity contribution in [3.05, 3.63) is 90.5 Å². The molecular weight excluding hydrogens is 534 g/mol. The number of hydrogen-bond donors (Lipinski definition) is 1. The molecule has 7 nitrogen and oxygen atoms in total. The molecule has 6 atom stereocenters. The molecule has 6 rings (SSSR count). The zero-order valence-corrected chi connectivity index (χ0v) is 24.8. The molecule has 2 aromatic rings. The van der Waals surface area contributed by atoms with Crippen molar-refractivity contribution < 1.29 is 19.5 Å². The summed E-state index contributed by atoms with van der Waals surface area (Å²) in [7, 11) is 0. The van der Waals surface area contributed by atoms with Crippen LogP contribution in [0.3, 0.4) is 0 Å². The molecule has 0 aliphatic carbocycles. The molecule has 0 bridgehead atoms. The highest BCUT2D eigenvalue weighted by molar-refractivity contribution is 8.02. The van der Waals surface area contributed by atoms with Crippen molar-refractivity contribution in [2.24, 2.45) is 11.8 Å². The second kappa shape index (κ2) is 9.88. The third-order valence-electron chi connectivity index (χ3n) is 9.07. The van der Waals surface area contributed by atoms with Crippen molar-refractivity contribution in [1.82, 2.24) is 9.80 Å². The number of rotatable bonds is 4. The fourth-order valence-electron chi connectivity index (χ4n) is 7.27. The standard InChI is InChI=1S/C33H37N3O4S/c1-31(2,3)35-20-12-18-33-26(29(39)36(27(33)30(35)40)24(21-37)22-13-7-5-8-14-22)25-28(38)34(23-15-9-6-10-16-23)19-11-17-32(25,4)41-33/h5-18,24-27,37H,19-21H2,1-4H3/t24-,25+,26+,27?,32-,33+/m1/s1. The average molecular weight is 572 g/mol. The van der Waals surface area contributed by atoms with Crippen LogP contribution in [0.2, 0.25) is 0 Å². The van der Waals surface area contributed by atoms with Gasteiger partial charge in [-0.05, 0) is 45.4 Å². The van der Waals surface area contributed by atoms with Gasteiger partial charge in [-0.15, -0.1) is 11.8 Å². The number of carbonyl (C=O) groups excluding carboxylic acids is 3. The number of benzene rings is 2. The van der Waals surface area contributed by atoms with Gasteiger partial charge in [0.1, 0.15) is 6.04 Å². The van der Waals surface area contributed by atoms with Gasteiger partial charge in [-0.1, -0.05) is 72.8 Å². The van der Waals surface area contributed by atoms with E-state index in [0.29, 0.717) is 13.1 Å². The third-order valence-corrected chi connectivity index (χ3v) is 10.9. The molecule has 2 fully saturated rings. The van der Waals surface area contributed by atoms with E-state index in [1.165, 1.54) is 0 Å². The normalized spacial score (nSPS) is 32.0. The van der Waals surface area contributed by atoms with Crippen molar-refractivity contribution in [2.75, 3.05) is 24.6 Å². The molecule has 1 N–H and O–H groups in total. The van der Waals surface area contributed by atoms with E-state index in [4.69, 9.17) is 0 Å². The molecule has 0 aromatic heterocycles. The number of para-hydroxylation sites is 1. The highest BCUT2D eigenvalue weighted by Crippen LogP contribution is 2.66. The van der Waals surface area contributed by atoms with Crippen LogP contribution in [0.4, 0.5) is 5.69 Å². The topological polar surface area (TPSA) is 81.2 Å². The smallest absolute Gasteiger partial charge is 0.247 e. The monoisotopic (exact) mass is 571 g/mol. The Morgan fingerprint density at radius 2 is 1.51 bits per heavy atom. The van der Waals surface area contributed by atoms with Crippen LogP contribution in [-0.2, 0) is 14.4 Å². The summed E-state index contributed by atoms with van der Waals surface area (Å²) in [6.45, 7) is 8.49. The summed E-state index contributed by atoms with van der Waals surface area (Å²) in [5, 5.41) is 10.7. The van der Waals surface area contributed by atoms with Crippen LogP contribution in [0.15, 0.2) is 85.0 Å². The zero-order chi connectivity index (χ0) is 29.2. The first-order chi connectivity index (χ1) is 19.5. The van der Waals surface area contributed by atoms with E-state index in [1.807, 2.05) is 111 Å². The number of anilines is 1. The van der Waals surface area contributed by atoms with Crippen LogP contribution < -0.4 is 4.90 Å². The van der Waals surface area contributed by atoms with Crippen molar-refractivity contribution in [1.29, 1.82) is 0 Å². The molecule has 2 saturated heterocycles. The van der Waals surface area contributed by atoms with Gasteiger partial charge in [0.15, 0.2) is 0 Å². The lowest BCUT2D eigenvalue weighted by molar-refractivity contribution is -0.148. The molecule has 8 heteroatoms. The predicted octanol–water partition coefficient (Wildman–Crippen LogP) is 4.21. The van der Waals surface area contributed by atoms with Gasteiger partial charge in [-0.3, -0.25) is 14.4 Å². The molecule has 214 valence electrons. The summed E-state index contributed by atoms with van der Waals surface area (Å²) < 4.78 is -1.68. The lowest BCUT2D eigenvalue weighted by atomic mass is 9.74. The molecule has 1 unspecified atom stereocenters. The Labute approximate surface area is 245 Å². The summed E-state index contributed by atoms with van der Waals surface area (Å²) in [4.78, 5) is 49.2. The van der Waals surface area contributed by atoms with Crippen molar-refractivity contribution in [3.8, 4) is 0 Å². The maximum atomic E-state index is 14.8. The van der Waals surface area contributed by atoms with Crippen LogP contribution in [0.1, 0.15) is 39.3 Å². The molecule has 41 heavy (non-hydrogen) atoms. The fourth-order valence-corrected chi connectivity index (χ4v) is 9.41. The first-order valence-corrected chi connectivity index (χ1v) is 15.1. The molecular formula is C33H37N3O4S. The number of carbonyl (C=O) groups is 3. The van der Waals surface area contributed by atoms with Crippen LogP contribution in [0.5, 0.6) is 0 Å². The molecule has 4 aliphatic heterocycles. The molecule has 1 spiro atoms. The van der Waals surface area contributed by atoms with Crippen molar-refractivity contribution in [2.45, 2.75) is 54.8 Å². The largest absolute Gasteiger partial charge is 0.394 e. The molecule has 0 radical (unpaired) electrons. The number of fused-ring (bicyclic) bond motifs is 2. The Morgan fingerprint density at radius 1 is 0.878 bits per heavy atom. The number of nitrogens with zero attached hydrogens (tertiary/aromatic N) is 3. The highest BCUT2D eigenvalue weighted by Gasteiger charge is 2.74. The molecule has 0 saturated carbocycles. The minimum absolute atomic E-state index is 0.120. The van der Waals surface area contributed by atoms with Gasteiger partial charge >= 0.3 is 0 Å². The number of amides is 3. The lowest BCUT2D eigenvalue weighted by Crippen LogP contribution is -2.58. The lowest BCUT2D eigenvalue weighted by Gasteiger charge is -2.42. The Bertz CT molecular complexity index is 1420. The number of thioether (sulfide) groups is 1. The van der Waals surface area contributed by atoms with Crippen LogP contribution >= 0.6 is 11.8 Å². The first kappa shape index (κ1) is 27.8. The molecule has 2 aromatic carbocycles. The summed E-state index contributed by atoms with van der Waals surface area (Å²) in [5.41, 5.74) is 1.05. The minimum Gasteiger partial charge on any atom is -0.394 e. The second-order valence-corrected chi connectivity index (χ2v) is 14.4. The summed E-state index contributed by atoms with van der Waals surface area (Å²) in [6, 6.07) is 17.3. The Hall–Kier alpha value is -3.36. The number of aliphatic hydroxyl groups excluding tert-OH is 1. The minimum atomic E-state index is -0.977. The SMILES string of the molecule is CC(C)(C)N1CC=C[C@]23S[C@]4(C)C=CCN(c5ccccc5)C(=O)[C@@H]4[C@H]2C(=O)N([C@H](CO)c2ccccc2)C3C1=O. The van der Waals surface area contributed by atoms with E-state index >= 15 is 0 Å². The number of aliphatic hydroxyl groups is 1. The predicted molar refractivity (Wildman–Crippen MR) is 161 cm³/mol. The summed E-state index contributed by atoms with van der Waals surface area (Å²) in [6.07, 6.45) is 8.10. The van der Waals surface area contributed by atoms with Crippen LogP contribution in [0.25, 0.3) is 0 Å². The van der Waals surface area contributed by atoms with Crippen molar-refractivity contribution in [3.63, 3.8) is 0 Å². The van der Waals surface area contributed by atoms with Gasteiger partial charge < -0.3 is 19.8 Å². The van der Waals surface area contributed by atoms with Crippen LogP contribution in [-0.4, -0.2) is 73.4 Å². The van der Waals surface area contributed by atoms with E-state index in [0.717, 1.165) is 11.3 Å². The number of hydrogen-bond acceptors (Lipinski definition) is 5. The molecule has 4 heterocycles. The Balaban J connectivity index is 1.54. The van der Waals surface area contributed by atoms with E-state index < -0.39 is 39.0 Å². The zero-order valence-electron chi connectivity index (χ0n) is 23.9. The quantitative estimate of drug-likeness (QED) is 0.557. The van der Waals surface area contributed by atoms with Gasteiger partial charge in [-0.25, -0.2) is 0 Å². The van der Waals surface area contributed by atoms with E-state index in [2.05, 4.69) is 6.08 Å². The van der Waals surface area contributed by atoms with Crippen molar-refractivity contribution >= 4 is 35.2 Å². The van der Waals surface area contributed by atoms with Gasteiger partial charge in [0, 0.05) is 29.1 Å². The molecule has 4 aliphatic rings. The van der Waals surface area contributed by atoms with E-state index in [-0.39, 0.29) is 24.3 Å². The van der Waals surface area contributed by atoms with Gasteiger partial charge in [0.05, 0.1) is 29.2 Å². The van der Waals surface area contributed by atoms with E-state index in [1.54, 1.807) is 21.6 Å². The fraction of sp³-hybridized carbons (Fsp3) is 0.424. The first-order valence-electron chi connectivity index (χ1n) is 14.2. The average Bonchev–Trinajstić information content (AvgIpc) is 3.20. The van der Waals surface area contributed by atoms with Gasteiger partial charge in [-0.2, -0.15) is 0 Å². The third kappa shape index (κ3) is 4.17. The second-order valence-electron chi connectivity index (χ2n) is 12.6. The van der Waals surface area contributed by atoms with Crippen LogP contribution in [0, 0.1) is 11.8 Å². The number of likely N-dealkylation sites (tertiary alicyclic amines) is 1. The Morgan fingerprint density at radius 3 is 2.15 bits per heavy atom. The Kier molecular flexibility index (Phi) is 6.70.